The van der Waals surface area contributed by atoms with Gasteiger partial charge >= 0.3 is 5.97 Å². The van der Waals surface area contributed by atoms with E-state index in [4.69, 9.17) is 5.11 Å². The van der Waals surface area contributed by atoms with Gasteiger partial charge in [-0.2, -0.15) is 0 Å². The Morgan fingerprint density at radius 1 is 1.25 bits per heavy atom. The lowest BCUT2D eigenvalue weighted by Crippen LogP contribution is -1.99. The first-order valence-electron chi connectivity index (χ1n) is 4.93. The van der Waals surface area contributed by atoms with Crippen molar-refractivity contribution in [3.8, 4) is 11.1 Å². The number of aromatic carboxylic acids is 1. The van der Waals surface area contributed by atoms with E-state index in [0.717, 1.165) is 16.7 Å². The van der Waals surface area contributed by atoms with Gasteiger partial charge in [0.1, 0.15) is 0 Å². The van der Waals surface area contributed by atoms with Crippen LogP contribution < -0.4 is 0 Å². The van der Waals surface area contributed by atoms with E-state index in [9.17, 15) is 4.79 Å². The molecular weight excluding hydrogens is 202 g/mol. The number of rotatable bonds is 2. The van der Waals surface area contributed by atoms with E-state index in [0.29, 0.717) is 5.56 Å². The Kier molecular flexibility index (Phi) is 2.68. The van der Waals surface area contributed by atoms with Crippen molar-refractivity contribution in [2.75, 3.05) is 0 Å². The molecule has 1 aromatic carbocycles. The molecule has 0 bridgehead atoms. The monoisotopic (exact) mass is 213 g/mol. The molecular formula is C13H11NO2. The van der Waals surface area contributed by atoms with Gasteiger partial charge in [0.15, 0.2) is 0 Å². The SMILES string of the molecule is Cc1cc(-c2cccnc2)ccc1C(=O)O. The van der Waals surface area contributed by atoms with Gasteiger partial charge in [-0.3, -0.25) is 4.98 Å². The Balaban J connectivity index is 2.46. The predicted octanol–water partition coefficient (Wildman–Crippen LogP) is 2.76. The van der Waals surface area contributed by atoms with E-state index in [2.05, 4.69) is 4.98 Å². The Hall–Kier alpha value is -2.16. The number of hydrogen-bond donors (Lipinski definition) is 1. The maximum atomic E-state index is 10.9. The van der Waals surface area contributed by atoms with E-state index in [1.165, 1.54) is 0 Å². The predicted molar refractivity (Wildman–Crippen MR) is 61.4 cm³/mol. The number of aryl methyl sites for hydroxylation is 1. The van der Waals surface area contributed by atoms with Crippen LogP contribution in [0.4, 0.5) is 0 Å². The van der Waals surface area contributed by atoms with Crippen LogP contribution in [0.3, 0.4) is 0 Å². The second kappa shape index (κ2) is 4.14. The molecule has 0 aliphatic rings. The Labute approximate surface area is 93.4 Å². The lowest BCUT2D eigenvalue weighted by molar-refractivity contribution is 0.0696. The van der Waals surface area contributed by atoms with Crippen LogP contribution >= 0.6 is 0 Å². The van der Waals surface area contributed by atoms with Crippen molar-refractivity contribution in [2.45, 2.75) is 6.92 Å². The molecule has 0 unspecified atom stereocenters. The Morgan fingerprint density at radius 2 is 2.06 bits per heavy atom. The molecule has 0 amide bonds. The van der Waals surface area contributed by atoms with Gasteiger partial charge in [0.05, 0.1) is 5.56 Å². The molecule has 0 spiro atoms. The van der Waals surface area contributed by atoms with Crippen molar-refractivity contribution in [3.05, 3.63) is 53.9 Å². The second-order valence-electron chi connectivity index (χ2n) is 3.58. The molecule has 0 saturated heterocycles. The summed E-state index contributed by atoms with van der Waals surface area (Å²) in [5.74, 6) is -0.893. The van der Waals surface area contributed by atoms with Crippen LogP contribution in [0.15, 0.2) is 42.7 Å². The summed E-state index contributed by atoms with van der Waals surface area (Å²) in [6, 6.07) is 9.09. The first-order valence-corrected chi connectivity index (χ1v) is 4.93. The number of nitrogens with zero attached hydrogens (tertiary/aromatic N) is 1. The van der Waals surface area contributed by atoms with E-state index < -0.39 is 5.97 Å². The Morgan fingerprint density at radius 3 is 2.62 bits per heavy atom. The van der Waals surface area contributed by atoms with Crippen LogP contribution in [0.2, 0.25) is 0 Å². The zero-order valence-electron chi connectivity index (χ0n) is 8.84. The largest absolute Gasteiger partial charge is 0.478 e. The standard InChI is InChI=1S/C13H11NO2/c1-9-7-10(4-5-12(9)13(15)16)11-3-2-6-14-8-11/h2-8H,1H3,(H,15,16). The lowest BCUT2D eigenvalue weighted by Gasteiger charge is -2.05. The molecule has 0 atom stereocenters. The highest BCUT2D eigenvalue weighted by Gasteiger charge is 2.07. The van der Waals surface area contributed by atoms with E-state index in [1.807, 2.05) is 18.2 Å². The summed E-state index contributed by atoms with van der Waals surface area (Å²) in [6.07, 6.45) is 3.47. The third kappa shape index (κ3) is 1.93. The van der Waals surface area contributed by atoms with Crippen molar-refractivity contribution in [2.24, 2.45) is 0 Å². The van der Waals surface area contributed by atoms with Crippen molar-refractivity contribution in [1.82, 2.24) is 4.98 Å². The molecule has 1 heterocycles. The summed E-state index contributed by atoms with van der Waals surface area (Å²) in [5, 5.41) is 8.91. The molecule has 80 valence electrons. The molecule has 3 heteroatoms. The van der Waals surface area contributed by atoms with E-state index in [-0.39, 0.29) is 0 Å². The molecule has 1 N–H and O–H groups in total. The van der Waals surface area contributed by atoms with Crippen LogP contribution in [-0.2, 0) is 0 Å². The normalized spacial score (nSPS) is 10.1. The zero-order chi connectivity index (χ0) is 11.5. The number of carboxylic acid groups (broad SMARTS) is 1. The number of aromatic nitrogens is 1. The second-order valence-corrected chi connectivity index (χ2v) is 3.58. The van der Waals surface area contributed by atoms with Crippen LogP contribution in [0, 0.1) is 6.92 Å². The van der Waals surface area contributed by atoms with Gasteiger partial charge in [-0.1, -0.05) is 18.2 Å². The van der Waals surface area contributed by atoms with Gasteiger partial charge < -0.3 is 5.11 Å². The summed E-state index contributed by atoms with van der Waals surface area (Å²) in [4.78, 5) is 14.9. The van der Waals surface area contributed by atoms with Gasteiger partial charge in [0.2, 0.25) is 0 Å². The summed E-state index contributed by atoms with van der Waals surface area (Å²) in [5.41, 5.74) is 3.07. The van der Waals surface area contributed by atoms with Crippen molar-refractivity contribution >= 4 is 5.97 Å². The Bertz CT molecular complexity index is 521. The minimum Gasteiger partial charge on any atom is -0.478 e. The maximum Gasteiger partial charge on any atom is 0.335 e. The lowest BCUT2D eigenvalue weighted by atomic mass is 10.0. The van der Waals surface area contributed by atoms with Crippen LogP contribution in [0.25, 0.3) is 11.1 Å². The summed E-state index contributed by atoms with van der Waals surface area (Å²) in [6.45, 7) is 1.79. The first kappa shape index (κ1) is 10.4. The molecule has 2 aromatic rings. The molecule has 16 heavy (non-hydrogen) atoms. The highest BCUT2D eigenvalue weighted by Crippen LogP contribution is 2.21. The van der Waals surface area contributed by atoms with Crippen LogP contribution in [-0.4, -0.2) is 16.1 Å². The maximum absolute atomic E-state index is 10.9. The summed E-state index contributed by atoms with van der Waals surface area (Å²) in [7, 11) is 0. The van der Waals surface area contributed by atoms with Crippen LogP contribution in [0.5, 0.6) is 0 Å². The summed E-state index contributed by atoms with van der Waals surface area (Å²) >= 11 is 0. The van der Waals surface area contributed by atoms with Crippen molar-refractivity contribution in [1.29, 1.82) is 0 Å². The van der Waals surface area contributed by atoms with Gasteiger partial charge in [-0.15, -0.1) is 0 Å². The third-order valence-corrected chi connectivity index (χ3v) is 2.45. The fraction of sp³-hybridized carbons (Fsp3) is 0.0769. The van der Waals surface area contributed by atoms with Crippen molar-refractivity contribution in [3.63, 3.8) is 0 Å². The number of benzene rings is 1. The molecule has 1 aromatic heterocycles. The average Bonchev–Trinajstić information content (AvgIpc) is 2.29. The fourth-order valence-electron chi connectivity index (χ4n) is 1.62. The van der Waals surface area contributed by atoms with Gasteiger partial charge in [-0.05, 0) is 35.7 Å². The first-order chi connectivity index (χ1) is 7.68. The quantitative estimate of drug-likeness (QED) is 0.834. The molecule has 0 saturated carbocycles. The number of hydrogen-bond acceptors (Lipinski definition) is 2. The fourth-order valence-corrected chi connectivity index (χ4v) is 1.62. The minimum absolute atomic E-state index is 0.340. The molecule has 2 rings (SSSR count). The average molecular weight is 213 g/mol. The number of carboxylic acids is 1. The third-order valence-electron chi connectivity index (χ3n) is 2.45. The minimum atomic E-state index is -0.893. The highest BCUT2D eigenvalue weighted by molar-refractivity contribution is 5.90. The van der Waals surface area contributed by atoms with E-state index in [1.54, 1.807) is 31.5 Å². The molecule has 0 aliphatic carbocycles. The summed E-state index contributed by atoms with van der Waals surface area (Å²) < 4.78 is 0. The van der Waals surface area contributed by atoms with Crippen LogP contribution in [0.1, 0.15) is 15.9 Å². The molecule has 0 fully saturated rings. The van der Waals surface area contributed by atoms with Gasteiger partial charge in [0, 0.05) is 12.4 Å². The topological polar surface area (TPSA) is 50.2 Å². The van der Waals surface area contributed by atoms with Gasteiger partial charge in [-0.25, -0.2) is 4.79 Å². The highest BCUT2D eigenvalue weighted by atomic mass is 16.4. The zero-order valence-corrected chi connectivity index (χ0v) is 8.84. The molecule has 0 radical (unpaired) electrons. The number of pyridine rings is 1. The number of carbonyl (C=O) groups is 1. The van der Waals surface area contributed by atoms with E-state index >= 15 is 0 Å². The smallest absolute Gasteiger partial charge is 0.335 e. The molecule has 3 nitrogen and oxygen atoms in total. The molecule has 0 aliphatic heterocycles. The van der Waals surface area contributed by atoms with Gasteiger partial charge in [0.25, 0.3) is 0 Å². The van der Waals surface area contributed by atoms with Crippen molar-refractivity contribution < 1.29 is 9.90 Å².